The molecule has 0 unspecified atom stereocenters. The van der Waals surface area contributed by atoms with Crippen LogP contribution in [0.25, 0.3) is 0 Å². The maximum Gasteiger partial charge on any atom is 0.166 e. The average molecular weight is 335 g/mol. The number of rotatable bonds is 7. The maximum absolute atomic E-state index is 6.05. The van der Waals surface area contributed by atoms with Gasteiger partial charge in [-0.3, -0.25) is 0 Å². The van der Waals surface area contributed by atoms with Gasteiger partial charge in [-0.05, 0) is 35.9 Å². The van der Waals surface area contributed by atoms with E-state index in [4.69, 9.17) is 15.2 Å². The quantitative estimate of drug-likeness (QED) is 0.642. The lowest BCUT2D eigenvalue weighted by Crippen LogP contribution is -2.06. The van der Waals surface area contributed by atoms with Crippen molar-refractivity contribution in [2.75, 3.05) is 18.2 Å². The van der Waals surface area contributed by atoms with Gasteiger partial charge in [0, 0.05) is 24.0 Å². The van der Waals surface area contributed by atoms with Crippen LogP contribution in [0.5, 0.6) is 11.5 Å². The number of ether oxygens (including phenoxy) is 2. The van der Waals surface area contributed by atoms with Gasteiger partial charge in [-0.1, -0.05) is 30.3 Å². The standard InChI is InChI=1S/C20H21N3O2/c1-24-18-6-4-5-16(13-23-19-7-2-3-12-22-19)20(18)25-14-15-8-10-17(21)11-9-15/h2-12H,13-14,21H2,1H3,(H,22,23). The van der Waals surface area contributed by atoms with Gasteiger partial charge in [0.25, 0.3) is 0 Å². The molecule has 1 aromatic heterocycles. The molecule has 0 saturated carbocycles. The minimum absolute atomic E-state index is 0.442. The van der Waals surface area contributed by atoms with E-state index in [0.717, 1.165) is 28.4 Å². The van der Waals surface area contributed by atoms with Crippen LogP contribution in [-0.4, -0.2) is 12.1 Å². The fraction of sp³-hybridized carbons (Fsp3) is 0.150. The number of nitrogens with one attached hydrogen (secondary N) is 1. The van der Waals surface area contributed by atoms with Gasteiger partial charge < -0.3 is 20.5 Å². The second-order valence-corrected chi connectivity index (χ2v) is 5.55. The number of hydrogen-bond acceptors (Lipinski definition) is 5. The zero-order valence-corrected chi connectivity index (χ0v) is 14.1. The van der Waals surface area contributed by atoms with E-state index in [9.17, 15) is 0 Å². The first-order valence-electron chi connectivity index (χ1n) is 8.04. The summed E-state index contributed by atoms with van der Waals surface area (Å²) in [5.41, 5.74) is 8.51. The number of methoxy groups -OCH3 is 1. The number of benzene rings is 2. The van der Waals surface area contributed by atoms with Gasteiger partial charge in [0.1, 0.15) is 12.4 Å². The molecule has 1 heterocycles. The van der Waals surface area contributed by atoms with Crippen molar-refractivity contribution in [2.45, 2.75) is 13.2 Å². The lowest BCUT2D eigenvalue weighted by molar-refractivity contribution is 0.281. The fourth-order valence-electron chi connectivity index (χ4n) is 2.45. The largest absolute Gasteiger partial charge is 0.493 e. The number of pyridine rings is 1. The lowest BCUT2D eigenvalue weighted by atomic mass is 10.1. The Balaban J connectivity index is 1.75. The Morgan fingerprint density at radius 1 is 1.00 bits per heavy atom. The smallest absolute Gasteiger partial charge is 0.166 e. The molecule has 3 N–H and O–H groups in total. The van der Waals surface area contributed by atoms with Crippen LogP contribution in [0.3, 0.4) is 0 Å². The second kappa shape index (κ2) is 8.06. The van der Waals surface area contributed by atoms with Crippen molar-refractivity contribution in [1.29, 1.82) is 0 Å². The van der Waals surface area contributed by atoms with Crippen molar-refractivity contribution in [2.24, 2.45) is 0 Å². The first kappa shape index (κ1) is 16.6. The summed E-state index contributed by atoms with van der Waals surface area (Å²) in [7, 11) is 1.64. The summed E-state index contributed by atoms with van der Waals surface area (Å²) in [6, 6.07) is 19.2. The van der Waals surface area contributed by atoms with Crippen molar-refractivity contribution < 1.29 is 9.47 Å². The van der Waals surface area contributed by atoms with Gasteiger partial charge in [0.15, 0.2) is 11.5 Å². The highest BCUT2D eigenvalue weighted by atomic mass is 16.5. The van der Waals surface area contributed by atoms with E-state index in [2.05, 4.69) is 10.3 Å². The average Bonchev–Trinajstić information content (AvgIpc) is 2.67. The number of nitrogens with two attached hydrogens (primary N) is 1. The Kier molecular flexibility index (Phi) is 5.36. The molecule has 0 aliphatic rings. The predicted octanol–water partition coefficient (Wildman–Crippen LogP) is 3.86. The molecule has 5 nitrogen and oxygen atoms in total. The normalized spacial score (nSPS) is 10.3. The van der Waals surface area contributed by atoms with E-state index in [1.54, 1.807) is 13.3 Å². The third-order valence-corrected chi connectivity index (χ3v) is 3.77. The molecule has 0 amide bonds. The molecule has 3 rings (SSSR count). The molecule has 0 radical (unpaired) electrons. The summed E-state index contributed by atoms with van der Waals surface area (Å²) < 4.78 is 11.5. The first-order chi connectivity index (χ1) is 12.3. The van der Waals surface area contributed by atoms with Gasteiger partial charge >= 0.3 is 0 Å². The minimum atomic E-state index is 0.442. The highest BCUT2D eigenvalue weighted by molar-refractivity contribution is 5.48. The predicted molar refractivity (Wildman–Crippen MR) is 99.7 cm³/mol. The zero-order chi connectivity index (χ0) is 17.5. The van der Waals surface area contributed by atoms with E-state index in [-0.39, 0.29) is 0 Å². The molecule has 0 aliphatic heterocycles. The summed E-state index contributed by atoms with van der Waals surface area (Å²) in [6.07, 6.45) is 1.76. The third kappa shape index (κ3) is 4.41. The van der Waals surface area contributed by atoms with Crippen molar-refractivity contribution in [1.82, 2.24) is 4.98 Å². The molecular weight excluding hydrogens is 314 g/mol. The topological polar surface area (TPSA) is 69.4 Å². The van der Waals surface area contributed by atoms with Crippen molar-refractivity contribution >= 4 is 11.5 Å². The number of anilines is 2. The van der Waals surface area contributed by atoms with Gasteiger partial charge in [0.2, 0.25) is 0 Å². The summed E-state index contributed by atoms with van der Waals surface area (Å²) in [4.78, 5) is 4.27. The fourth-order valence-corrected chi connectivity index (χ4v) is 2.45. The zero-order valence-electron chi connectivity index (χ0n) is 14.1. The van der Waals surface area contributed by atoms with Gasteiger partial charge in [-0.25, -0.2) is 4.98 Å². The Labute approximate surface area is 147 Å². The van der Waals surface area contributed by atoms with Crippen LogP contribution < -0.4 is 20.5 Å². The summed E-state index contributed by atoms with van der Waals surface area (Å²) in [5, 5.41) is 3.30. The Morgan fingerprint density at radius 2 is 1.84 bits per heavy atom. The van der Waals surface area contributed by atoms with Crippen LogP contribution in [-0.2, 0) is 13.2 Å². The summed E-state index contributed by atoms with van der Waals surface area (Å²) in [6.45, 7) is 1.03. The summed E-state index contributed by atoms with van der Waals surface area (Å²) in [5.74, 6) is 2.25. The Hall–Kier alpha value is -3.21. The molecule has 0 spiro atoms. The molecule has 0 fully saturated rings. The lowest BCUT2D eigenvalue weighted by Gasteiger charge is -2.16. The van der Waals surface area contributed by atoms with E-state index in [0.29, 0.717) is 18.9 Å². The highest BCUT2D eigenvalue weighted by Crippen LogP contribution is 2.32. The third-order valence-electron chi connectivity index (χ3n) is 3.77. The molecular formula is C20H21N3O2. The number of hydrogen-bond donors (Lipinski definition) is 2. The monoisotopic (exact) mass is 335 g/mol. The Morgan fingerprint density at radius 3 is 2.56 bits per heavy atom. The van der Waals surface area contributed by atoms with Crippen molar-refractivity contribution in [3.05, 3.63) is 78.0 Å². The molecule has 128 valence electrons. The van der Waals surface area contributed by atoms with Crippen LogP contribution in [0, 0.1) is 0 Å². The van der Waals surface area contributed by atoms with Crippen LogP contribution >= 0.6 is 0 Å². The van der Waals surface area contributed by atoms with Crippen LogP contribution in [0.15, 0.2) is 66.9 Å². The first-order valence-corrected chi connectivity index (χ1v) is 8.04. The van der Waals surface area contributed by atoms with E-state index in [1.807, 2.05) is 60.7 Å². The van der Waals surface area contributed by atoms with Crippen molar-refractivity contribution in [3.8, 4) is 11.5 Å². The molecule has 2 aromatic carbocycles. The number of nitrogen functional groups attached to an aromatic ring is 1. The van der Waals surface area contributed by atoms with Crippen LogP contribution in [0.1, 0.15) is 11.1 Å². The molecule has 3 aromatic rings. The SMILES string of the molecule is COc1cccc(CNc2ccccn2)c1OCc1ccc(N)cc1. The Bertz CT molecular complexity index is 805. The molecule has 5 heteroatoms. The molecule has 25 heavy (non-hydrogen) atoms. The number of nitrogens with zero attached hydrogens (tertiary/aromatic N) is 1. The van der Waals surface area contributed by atoms with Crippen LogP contribution in [0.4, 0.5) is 11.5 Å². The molecule has 0 bridgehead atoms. The minimum Gasteiger partial charge on any atom is -0.493 e. The molecule has 0 aliphatic carbocycles. The van der Waals surface area contributed by atoms with Gasteiger partial charge in [0.05, 0.1) is 7.11 Å². The second-order valence-electron chi connectivity index (χ2n) is 5.55. The van der Waals surface area contributed by atoms with Crippen molar-refractivity contribution in [3.63, 3.8) is 0 Å². The van der Waals surface area contributed by atoms with E-state index in [1.165, 1.54) is 0 Å². The molecule has 0 atom stereocenters. The molecule has 0 saturated heterocycles. The highest BCUT2D eigenvalue weighted by Gasteiger charge is 2.11. The van der Waals surface area contributed by atoms with E-state index < -0.39 is 0 Å². The number of para-hydroxylation sites is 1. The van der Waals surface area contributed by atoms with Gasteiger partial charge in [-0.2, -0.15) is 0 Å². The van der Waals surface area contributed by atoms with E-state index >= 15 is 0 Å². The number of aromatic nitrogens is 1. The maximum atomic E-state index is 6.05. The van der Waals surface area contributed by atoms with Crippen LogP contribution in [0.2, 0.25) is 0 Å². The van der Waals surface area contributed by atoms with Gasteiger partial charge in [-0.15, -0.1) is 0 Å². The summed E-state index contributed by atoms with van der Waals surface area (Å²) >= 11 is 0.